The minimum Gasteiger partial charge on any atom is -0.268 e. The lowest BCUT2D eigenvalue weighted by Crippen LogP contribution is -2.38. The first-order chi connectivity index (χ1) is 19.0. The summed E-state index contributed by atoms with van der Waals surface area (Å²) in [4.78, 5) is 9.62. The van der Waals surface area contributed by atoms with E-state index in [0.717, 1.165) is 35.4 Å². The van der Waals surface area contributed by atoms with Gasteiger partial charge in [-0.2, -0.15) is 5.10 Å². The van der Waals surface area contributed by atoms with Crippen molar-refractivity contribution in [3.05, 3.63) is 82.7 Å². The number of nitrogens with zero attached hydrogens (tertiary/aromatic N) is 6. The van der Waals surface area contributed by atoms with Gasteiger partial charge in [0, 0.05) is 17.9 Å². The fourth-order valence-corrected chi connectivity index (χ4v) is 9.29. The van der Waals surface area contributed by atoms with Crippen LogP contribution in [0.4, 0.5) is 8.78 Å². The minimum atomic E-state index is -1.90. The number of fused-ring (bicyclic) bond motifs is 5. The summed E-state index contributed by atoms with van der Waals surface area (Å²) in [6, 6.07) is 9.74. The van der Waals surface area contributed by atoms with E-state index in [-0.39, 0.29) is 22.6 Å². The number of aryl methyl sites for hydroxylation is 1. The molecule has 7 nitrogen and oxygen atoms in total. The third-order valence-electron chi connectivity index (χ3n) is 9.32. The first-order valence-electron chi connectivity index (χ1n) is 13.5. The molecule has 0 N–H and O–H groups in total. The van der Waals surface area contributed by atoms with Gasteiger partial charge in [-0.05, 0) is 93.9 Å². The van der Waals surface area contributed by atoms with Crippen LogP contribution < -0.4 is 0 Å². The first kappa shape index (κ1) is 25.4. The van der Waals surface area contributed by atoms with Gasteiger partial charge in [0.1, 0.15) is 18.0 Å². The molecule has 0 radical (unpaired) electrons. The molecule has 2 bridgehead atoms. The molecule has 0 amide bonds. The van der Waals surface area contributed by atoms with Crippen molar-refractivity contribution >= 4 is 15.4 Å². The Labute approximate surface area is 232 Å². The Kier molecular flexibility index (Phi) is 5.40. The number of aromatic nitrogens is 6. The summed E-state index contributed by atoms with van der Waals surface area (Å²) >= 11 is 0. The number of hydrogen-bond donors (Lipinski definition) is 0. The number of pyridine rings is 1. The molecule has 1 saturated carbocycles. The minimum absolute atomic E-state index is 0.148. The molecular formula is C30H30F2N6OS. The summed E-state index contributed by atoms with van der Waals surface area (Å²) in [5.74, 6) is 5.55. The van der Waals surface area contributed by atoms with E-state index in [0.29, 0.717) is 35.5 Å². The van der Waals surface area contributed by atoms with Gasteiger partial charge in [-0.25, -0.2) is 23.4 Å². The van der Waals surface area contributed by atoms with E-state index in [2.05, 4.69) is 41.0 Å². The molecule has 0 unspecified atom stereocenters. The van der Waals surface area contributed by atoms with Crippen molar-refractivity contribution in [2.24, 2.45) is 11.3 Å². The topological polar surface area (TPSA) is 86.5 Å². The lowest BCUT2D eigenvalue weighted by atomic mass is 9.66. The largest absolute Gasteiger partial charge is 0.268 e. The molecule has 2 fully saturated rings. The van der Waals surface area contributed by atoms with Gasteiger partial charge in [0.25, 0.3) is 0 Å². The molecule has 40 heavy (non-hydrogen) atoms. The van der Waals surface area contributed by atoms with E-state index in [9.17, 15) is 13.0 Å². The van der Waals surface area contributed by atoms with Crippen molar-refractivity contribution in [3.63, 3.8) is 0 Å². The standard InChI is InChI=1S/C30H30F2N6OS/c1-17-10-24(34-26(11-17)38-16-33-25(37-38)12-18-14-40(4,39)15-18)30-9-8-20(29(30,2)3)19-13-23(35-36-28(19)30)27-21(31)6-5-7-22(27)32/h5-7,10-11,13,16,18,20H,4,8-9,12,14-15H2,1-3H3/t18?,20-,30-,40?/m0/s1. The Morgan fingerprint density at radius 2 is 1.88 bits per heavy atom. The third kappa shape index (κ3) is 3.61. The zero-order valence-electron chi connectivity index (χ0n) is 22.7. The second-order valence-corrected chi connectivity index (χ2v) is 14.8. The van der Waals surface area contributed by atoms with Gasteiger partial charge in [-0.15, -0.1) is 10.2 Å². The zero-order valence-corrected chi connectivity index (χ0v) is 23.5. The Morgan fingerprint density at radius 3 is 2.60 bits per heavy atom. The first-order valence-corrected chi connectivity index (χ1v) is 15.6. The Hall–Kier alpha value is -3.53. The smallest absolute Gasteiger partial charge is 0.155 e. The molecule has 206 valence electrons. The van der Waals surface area contributed by atoms with Gasteiger partial charge in [-0.1, -0.05) is 19.9 Å². The van der Waals surface area contributed by atoms with Crippen LogP contribution in [-0.4, -0.2) is 51.5 Å². The second-order valence-electron chi connectivity index (χ2n) is 12.2. The number of halogens is 2. The third-order valence-corrected chi connectivity index (χ3v) is 11.5. The lowest BCUT2D eigenvalue weighted by Gasteiger charge is -2.37. The lowest BCUT2D eigenvalue weighted by molar-refractivity contribution is 0.242. The summed E-state index contributed by atoms with van der Waals surface area (Å²) < 4.78 is 42.9. The highest BCUT2D eigenvalue weighted by molar-refractivity contribution is 8.01. The molecule has 10 heteroatoms. The second kappa shape index (κ2) is 8.49. The summed E-state index contributed by atoms with van der Waals surface area (Å²) in [7, 11) is -1.90. The molecule has 3 aromatic heterocycles. The van der Waals surface area contributed by atoms with Gasteiger partial charge in [0.05, 0.1) is 28.1 Å². The van der Waals surface area contributed by atoms with Gasteiger partial charge in [0.15, 0.2) is 11.6 Å². The quantitative estimate of drug-likeness (QED) is 0.326. The summed E-state index contributed by atoms with van der Waals surface area (Å²) in [5, 5.41) is 13.7. The molecule has 3 aliphatic rings. The molecule has 1 saturated heterocycles. The summed E-state index contributed by atoms with van der Waals surface area (Å²) in [5.41, 5.74) is 3.06. The molecule has 4 heterocycles. The molecule has 2 atom stereocenters. The normalized spacial score (nSPS) is 27.9. The van der Waals surface area contributed by atoms with Crippen LogP contribution in [0, 0.1) is 29.9 Å². The predicted octanol–water partition coefficient (Wildman–Crippen LogP) is 4.80. The fourth-order valence-electron chi connectivity index (χ4n) is 7.43. The Balaban J connectivity index is 1.29. The maximum absolute atomic E-state index is 14.6. The number of rotatable bonds is 5. The molecule has 2 aliphatic carbocycles. The van der Waals surface area contributed by atoms with Crippen molar-refractivity contribution in [3.8, 4) is 17.1 Å². The fraction of sp³-hybridized carbons (Fsp3) is 0.400. The highest BCUT2D eigenvalue weighted by Crippen LogP contribution is 2.69. The van der Waals surface area contributed by atoms with Crippen LogP contribution in [0.25, 0.3) is 17.1 Å². The molecule has 4 aromatic rings. The van der Waals surface area contributed by atoms with Crippen LogP contribution >= 0.6 is 0 Å². The average Bonchev–Trinajstić information content (AvgIpc) is 3.50. The van der Waals surface area contributed by atoms with E-state index < -0.39 is 26.6 Å². The van der Waals surface area contributed by atoms with Crippen LogP contribution in [-0.2, 0) is 21.4 Å². The van der Waals surface area contributed by atoms with Gasteiger partial charge >= 0.3 is 0 Å². The van der Waals surface area contributed by atoms with Crippen LogP contribution in [0.2, 0.25) is 0 Å². The zero-order chi connectivity index (χ0) is 28.0. The monoisotopic (exact) mass is 560 g/mol. The molecular weight excluding hydrogens is 530 g/mol. The molecule has 7 rings (SSSR count). The van der Waals surface area contributed by atoms with E-state index in [1.807, 2.05) is 19.1 Å². The van der Waals surface area contributed by atoms with Gasteiger partial charge in [0.2, 0.25) is 0 Å². The summed E-state index contributed by atoms with van der Waals surface area (Å²) in [6.07, 6.45) is 4.12. The SMILES string of the molecule is C=S1(=O)CC(Cc2ncn(-c3cc(C)cc([C@@]45CC[C@@H](c6cc(-c7c(F)cccc7F)nnc64)C5(C)C)n3)n2)C1. The highest BCUT2D eigenvalue weighted by atomic mass is 32.2. The van der Waals surface area contributed by atoms with Crippen molar-refractivity contribution in [1.29, 1.82) is 0 Å². The van der Waals surface area contributed by atoms with Crippen molar-refractivity contribution < 1.29 is 13.0 Å². The average molecular weight is 561 g/mol. The maximum atomic E-state index is 14.6. The van der Waals surface area contributed by atoms with Gasteiger partial charge < -0.3 is 0 Å². The van der Waals surface area contributed by atoms with E-state index >= 15 is 0 Å². The van der Waals surface area contributed by atoms with E-state index in [4.69, 9.17) is 10.1 Å². The molecule has 0 spiro atoms. The van der Waals surface area contributed by atoms with Crippen LogP contribution in [0.15, 0.2) is 42.7 Å². The molecule has 1 aliphatic heterocycles. The van der Waals surface area contributed by atoms with E-state index in [1.54, 1.807) is 11.0 Å². The Bertz CT molecular complexity index is 1770. The van der Waals surface area contributed by atoms with Crippen LogP contribution in [0.1, 0.15) is 60.9 Å². The van der Waals surface area contributed by atoms with Crippen molar-refractivity contribution in [2.45, 2.75) is 51.4 Å². The number of benzene rings is 1. The maximum Gasteiger partial charge on any atom is 0.155 e. The van der Waals surface area contributed by atoms with Gasteiger partial charge in [-0.3, -0.25) is 4.21 Å². The number of hydrogen-bond acceptors (Lipinski definition) is 6. The van der Waals surface area contributed by atoms with Crippen molar-refractivity contribution in [1.82, 2.24) is 29.9 Å². The summed E-state index contributed by atoms with van der Waals surface area (Å²) in [6.45, 7) is 6.49. The Morgan fingerprint density at radius 1 is 1.12 bits per heavy atom. The van der Waals surface area contributed by atoms with Crippen LogP contribution in [0.5, 0.6) is 0 Å². The van der Waals surface area contributed by atoms with Crippen molar-refractivity contribution in [2.75, 3.05) is 11.5 Å². The van der Waals surface area contributed by atoms with E-state index in [1.165, 1.54) is 18.2 Å². The highest BCUT2D eigenvalue weighted by Gasteiger charge is 2.65. The van der Waals surface area contributed by atoms with Crippen LogP contribution in [0.3, 0.4) is 0 Å². The molecule has 1 aromatic carbocycles. The predicted molar refractivity (Wildman–Crippen MR) is 150 cm³/mol.